The number of nitrogens with one attached hydrogen (secondary N) is 1. The number of nitrogens with zero attached hydrogens (tertiary/aromatic N) is 1. The van der Waals surface area contributed by atoms with Crippen molar-refractivity contribution in [2.75, 3.05) is 6.54 Å². The van der Waals surface area contributed by atoms with E-state index in [1.54, 1.807) is 0 Å². The van der Waals surface area contributed by atoms with Gasteiger partial charge in [-0.1, -0.05) is 6.92 Å². The van der Waals surface area contributed by atoms with Gasteiger partial charge in [-0.25, -0.2) is 0 Å². The fraction of sp³-hybridized carbons (Fsp3) is 0.909. The van der Waals surface area contributed by atoms with E-state index in [1.807, 2.05) is 6.92 Å². The third-order valence-corrected chi connectivity index (χ3v) is 3.03. The van der Waals surface area contributed by atoms with Crippen LogP contribution in [0.2, 0.25) is 0 Å². The molecule has 0 aromatic carbocycles. The lowest BCUT2D eigenvalue weighted by molar-refractivity contribution is 0.108. The maximum atomic E-state index is 9.32. The summed E-state index contributed by atoms with van der Waals surface area (Å²) in [7, 11) is 0. The number of nitriles is 1. The van der Waals surface area contributed by atoms with Crippen molar-refractivity contribution in [2.24, 2.45) is 5.92 Å². The van der Waals surface area contributed by atoms with E-state index in [-0.39, 0.29) is 12.1 Å². The van der Waals surface area contributed by atoms with Crippen molar-refractivity contribution in [3.8, 4) is 6.07 Å². The van der Waals surface area contributed by atoms with Gasteiger partial charge in [-0.2, -0.15) is 5.26 Å². The molecule has 3 nitrogen and oxygen atoms in total. The predicted molar refractivity (Wildman–Crippen MR) is 55.7 cm³/mol. The fourth-order valence-corrected chi connectivity index (χ4v) is 1.94. The average molecular weight is 196 g/mol. The van der Waals surface area contributed by atoms with E-state index in [9.17, 15) is 5.11 Å². The second-order valence-corrected chi connectivity index (χ2v) is 4.17. The molecule has 0 saturated heterocycles. The van der Waals surface area contributed by atoms with Gasteiger partial charge in [0.15, 0.2) is 0 Å². The highest BCUT2D eigenvalue weighted by molar-refractivity contribution is 4.89. The summed E-state index contributed by atoms with van der Waals surface area (Å²) in [6.07, 6.45) is 4.83. The van der Waals surface area contributed by atoms with E-state index in [0.29, 0.717) is 5.92 Å². The Bertz CT molecular complexity index is 192. The van der Waals surface area contributed by atoms with Crippen LogP contribution in [0.4, 0.5) is 0 Å². The van der Waals surface area contributed by atoms with Gasteiger partial charge >= 0.3 is 0 Å². The zero-order valence-electron chi connectivity index (χ0n) is 8.87. The molecule has 1 fully saturated rings. The molecule has 0 aromatic heterocycles. The molecule has 1 aliphatic carbocycles. The monoisotopic (exact) mass is 196 g/mol. The topological polar surface area (TPSA) is 56.0 Å². The minimum absolute atomic E-state index is 0.00171. The summed E-state index contributed by atoms with van der Waals surface area (Å²) in [6, 6.07) is 2.24. The molecule has 80 valence electrons. The molecule has 0 aliphatic heterocycles. The molecule has 14 heavy (non-hydrogen) atoms. The average Bonchev–Trinajstić information content (AvgIpc) is 2.22. The molecule has 1 aliphatic rings. The molecule has 0 radical (unpaired) electrons. The van der Waals surface area contributed by atoms with Gasteiger partial charge in [0.1, 0.15) is 0 Å². The number of hydrogen-bond acceptors (Lipinski definition) is 3. The Balaban J connectivity index is 2.16. The second-order valence-electron chi connectivity index (χ2n) is 4.17. The summed E-state index contributed by atoms with van der Waals surface area (Å²) in [6.45, 7) is 2.95. The third kappa shape index (κ3) is 3.65. The van der Waals surface area contributed by atoms with Crippen LogP contribution in [0.1, 0.15) is 39.0 Å². The Morgan fingerprint density at radius 2 is 2.07 bits per heavy atom. The Labute approximate surface area is 86.1 Å². The molecule has 0 aromatic rings. The molecule has 0 bridgehead atoms. The number of aliphatic hydroxyl groups excluding tert-OH is 1. The van der Waals surface area contributed by atoms with E-state index in [2.05, 4.69) is 11.4 Å². The van der Waals surface area contributed by atoms with Gasteiger partial charge in [0.05, 0.1) is 18.2 Å². The van der Waals surface area contributed by atoms with Crippen LogP contribution in [0.25, 0.3) is 0 Å². The van der Waals surface area contributed by atoms with Gasteiger partial charge in [0.2, 0.25) is 0 Å². The summed E-state index contributed by atoms with van der Waals surface area (Å²) < 4.78 is 0. The van der Waals surface area contributed by atoms with Crippen molar-refractivity contribution in [1.29, 1.82) is 5.26 Å². The minimum Gasteiger partial charge on any atom is -0.393 e. The first-order valence-electron chi connectivity index (χ1n) is 5.57. The SMILES string of the molecule is CCC(C#N)NCC1CCC(O)CC1. The lowest BCUT2D eigenvalue weighted by atomic mass is 9.87. The quantitative estimate of drug-likeness (QED) is 0.715. The lowest BCUT2D eigenvalue weighted by Gasteiger charge is -2.26. The summed E-state index contributed by atoms with van der Waals surface area (Å²) in [5.41, 5.74) is 0. The van der Waals surface area contributed by atoms with Gasteiger partial charge in [0, 0.05) is 0 Å². The third-order valence-electron chi connectivity index (χ3n) is 3.03. The van der Waals surface area contributed by atoms with Gasteiger partial charge in [0.25, 0.3) is 0 Å². The van der Waals surface area contributed by atoms with Gasteiger partial charge in [-0.15, -0.1) is 0 Å². The Morgan fingerprint density at radius 3 is 2.57 bits per heavy atom. The van der Waals surface area contributed by atoms with Crippen LogP contribution in [0, 0.1) is 17.2 Å². The van der Waals surface area contributed by atoms with E-state index >= 15 is 0 Å². The molecular weight excluding hydrogens is 176 g/mol. The van der Waals surface area contributed by atoms with E-state index in [1.165, 1.54) is 0 Å². The van der Waals surface area contributed by atoms with Gasteiger partial charge in [-0.05, 0) is 44.6 Å². The summed E-state index contributed by atoms with van der Waals surface area (Å²) in [4.78, 5) is 0. The standard InChI is InChI=1S/C11H20N2O/c1-2-10(7-12)13-8-9-3-5-11(14)6-4-9/h9-11,13-14H,2-6,8H2,1H3. The van der Waals surface area contributed by atoms with Crippen LogP contribution < -0.4 is 5.32 Å². The van der Waals surface area contributed by atoms with Gasteiger partial charge < -0.3 is 10.4 Å². The molecule has 0 spiro atoms. The Hall–Kier alpha value is -0.590. The van der Waals surface area contributed by atoms with Crippen molar-refractivity contribution >= 4 is 0 Å². The van der Waals surface area contributed by atoms with Crippen LogP contribution in [0.3, 0.4) is 0 Å². The summed E-state index contributed by atoms with van der Waals surface area (Å²) in [5.74, 6) is 0.654. The van der Waals surface area contributed by atoms with Crippen LogP contribution in [-0.2, 0) is 0 Å². The van der Waals surface area contributed by atoms with Crippen LogP contribution in [-0.4, -0.2) is 23.8 Å². The van der Waals surface area contributed by atoms with Crippen molar-refractivity contribution in [3.63, 3.8) is 0 Å². The number of aliphatic hydroxyl groups is 1. The Morgan fingerprint density at radius 1 is 1.43 bits per heavy atom. The summed E-state index contributed by atoms with van der Waals surface area (Å²) in [5, 5.41) is 21.3. The van der Waals surface area contributed by atoms with Crippen LogP contribution in [0.5, 0.6) is 0 Å². The van der Waals surface area contributed by atoms with Crippen LogP contribution >= 0.6 is 0 Å². The second kappa shape index (κ2) is 6.00. The molecule has 1 unspecified atom stereocenters. The maximum absolute atomic E-state index is 9.32. The first-order valence-corrected chi connectivity index (χ1v) is 5.57. The highest BCUT2D eigenvalue weighted by Crippen LogP contribution is 2.23. The zero-order chi connectivity index (χ0) is 10.4. The molecule has 1 rings (SSSR count). The molecule has 0 amide bonds. The highest BCUT2D eigenvalue weighted by Gasteiger charge is 2.19. The van der Waals surface area contributed by atoms with Crippen molar-refractivity contribution < 1.29 is 5.11 Å². The molecule has 1 saturated carbocycles. The first-order chi connectivity index (χ1) is 6.76. The van der Waals surface area contributed by atoms with Gasteiger partial charge in [-0.3, -0.25) is 0 Å². The van der Waals surface area contributed by atoms with Crippen molar-refractivity contribution in [3.05, 3.63) is 0 Å². The zero-order valence-corrected chi connectivity index (χ0v) is 8.87. The first kappa shape index (κ1) is 11.5. The van der Waals surface area contributed by atoms with E-state index in [0.717, 1.165) is 38.6 Å². The van der Waals surface area contributed by atoms with Crippen molar-refractivity contribution in [2.45, 2.75) is 51.2 Å². The summed E-state index contributed by atoms with van der Waals surface area (Å²) >= 11 is 0. The number of hydrogen-bond donors (Lipinski definition) is 2. The largest absolute Gasteiger partial charge is 0.393 e. The Kier molecular flexibility index (Phi) is 4.92. The molecular formula is C11H20N2O. The number of rotatable bonds is 4. The minimum atomic E-state index is -0.0795. The normalized spacial score (nSPS) is 29.5. The molecule has 2 N–H and O–H groups in total. The maximum Gasteiger partial charge on any atom is 0.0950 e. The smallest absolute Gasteiger partial charge is 0.0950 e. The van der Waals surface area contributed by atoms with Crippen molar-refractivity contribution in [1.82, 2.24) is 5.32 Å². The van der Waals surface area contributed by atoms with E-state index in [4.69, 9.17) is 5.26 Å². The molecule has 0 heterocycles. The van der Waals surface area contributed by atoms with E-state index < -0.39 is 0 Å². The highest BCUT2D eigenvalue weighted by atomic mass is 16.3. The predicted octanol–water partition coefficient (Wildman–Crippen LogP) is 1.43. The molecule has 3 heteroatoms. The van der Waals surface area contributed by atoms with Crippen LogP contribution in [0.15, 0.2) is 0 Å². The fourth-order valence-electron chi connectivity index (χ4n) is 1.94. The lowest BCUT2D eigenvalue weighted by Crippen LogP contribution is -2.34. The molecule has 1 atom stereocenters.